The number of aromatic nitrogens is 2. The number of hydrogen-bond donors (Lipinski definition) is 1. The Balaban J connectivity index is 1.78. The summed E-state index contributed by atoms with van der Waals surface area (Å²) < 4.78 is 1.02. The van der Waals surface area contributed by atoms with Crippen LogP contribution in [0.4, 0.5) is 17.5 Å². The van der Waals surface area contributed by atoms with E-state index >= 15 is 0 Å². The van der Waals surface area contributed by atoms with E-state index in [1.54, 1.807) is 0 Å². The van der Waals surface area contributed by atoms with E-state index in [0.29, 0.717) is 0 Å². The minimum atomic E-state index is 0.815. The maximum Gasteiger partial charge on any atom is 0.227 e. The Bertz CT molecular complexity index is 668. The zero-order valence-electron chi connectivity index (χ0n) is 13.6. The molecule has 1 N–H and O–H groups in total. The molecule has 1 saturated heterocycles. The first-order valence-electron chi connectivity index (χ1n) is 8.00. The summed E-state index contributed by atoms with van der Waals surface area (Å²) in [6.45, 7) is 9.42. The van der Waals surface area contributed by atoms with Crippen LogP contribution in [-0.4, -0.2) is 47.6 Å². The highest BCUT2D eigenvalue weighted by Gasteiger charge is 2.18. The van der Waals surface area contributed by atoms with Crippen LogP contribution in [0.25, 0.3) is 0 Å². The van der Waals surface area contributed by atoms with Crippen molar-refractivity contribution in [1.29, 1.82) is 0 Å². The number of rotatable bonds is 4. The molecule has 2 aromatic rings. The molecule has 1 aromatic heterocycles. The van der Waals surface area contributed by atoms with Crippen molar-refractivity contribution in [2.75, 3.05) is 42.9 Å². The largest absolute Gasteiger partial charge is 0.339 e. The first kappa shape index (κ1) is 16.2. The molecule has 122 valence electrons. The Morgan fingerprint density at radius 3 is 2.57 bits per heavy atom. The molecule has 0 atom stereocenters. The van der Waals surface area contributed by atoms with Crippen LogP contribution in [0.1, 0.15) is 12.6 Å². The number of nitrogens with one attached hydrogen (secondary N) is 1. The van der Waals surface area contributed by atoms with Gasteiger partial charge in [-0.25, -0.2) is 4.98 Å². The second-order valence-electron chi connectivity index (χ2n) is 5.72. The summed E-state index contributed by atoms with van der Waals surface area (Å²) in [4.78, 5) is 14.0. The summed E-state index contributed by atoms with van der Waals surface area (Å²) in [7, 11) is 0. The third-order valence-corrected chi connectivity index (χ3v) is 4.77. The molecule has 1 aromatic carbocycles. The van der Waals surface area contributed by atoms with Crippen molar-refractivity contribution in [2.45, 2.75) is 13.8 Å². The van der Waals surface area contributed by atoms with Gasteiger partial charge in [-0.2, -0.15) is 4.98 Å². The summed E-state index contributed by atoms with van der Waals surface area (Å²) >= 11 is 3.56. The number of halogens is 1. The molecule has 0 amide bonds. The fourth-order valence-corrected chi connectivity index (χ4v) is 3.11. The van der Waals surface area contributed by atoms with E-state index in [1.807, 2.05) is 37.3 Å². The number of likely N-dealkylation sites (N-methyl/N-ethyl adjacent to an activating group) is 1. The molecule has 0 spiro atoms. The second kappa shape index (κ2) is 7.27. The fourth-order valence-electron chi connectivity index (χ4n) is 2.72. The highest BCUT2D eigenvalue weighted by atomic mass is 79.9. The lowest BCUT2D eigenvalue weighted by molar-refractivity contribution is 0.270. The lowest BCUT2D eigenvalue weighted by Gasteiger charge is -2.34. The zero-order valence-corrected chi connectivity index (χ0v) is 15.2. The Hall–Kier alpha value is -1.66. The third kappa shape index (κ3) is 4.00. The van der Waals surface area contributed by atoms with E-state index in [4.69, 9.17) is 4.98 Å². The monoisotopic (exact) mass is 375 g/mol. The Morgan fingerprint density at radius 1 is 1.13 bits per heavy atom. The fraction of sp³-hybridized carbons (Fsp3) is 0.412. The molecular formula is C17H22BrN5. The van der Waals surface area contributed by atoms with Crippen LogP contribution in [0.5, 0.6) is 0 Å². The van der Waals surface area contributed by atoms with Gasteiger partial charge < -0.3 is 15.1 Å². The van der Waals surface area contributed by atoms with Crippen LogP contribution in [0.3, 0.4) is 0 Å². The number of aryl methyl sites for hydroxylation is 1. The van der Waals surface area contributed by atoms with Crippen molar-refractivity contribution in [3.05, 3.63) is 40.5 Å². The predicted octanol–water partition coefficient (Wildman–Crippen LogP) is 3.43. The number of anilines is 3. The summed E-state index contributed by atoms with van der Waals surface area (Å²) in [6, 6.07) is 10.0. The SMILES string of the molecule is CCN1CCN(c2nc(C)cc(Nc3ccccc3Br)n2)CC1. The van der Waals surface area contributed by atoms with Crippen LogP contribution in [-0.2, 0) is 0 Å². The van der Waals surface area contributed by atoms with Crippen LogP contribution in [0.15, 0.2) is 34.8 Å². The van der Waals surface area contributed by atoms with Crippen molar-refractivity contribution in [3.63, 3.8) is 0 Å². The normalized spacial score (nSPS) is 15.7. The molecule has 0 saturated carbocycles. The van der Waals surface area contributed by atoms with Crippen molar-refractivity contribution < 1.29 is 0 Å². The maximum absolute atomic E-state index is 4.71. The van der Waals surface area contributed by atoms with Gasteiger partial charge in [0.2, 0.25) is 5.95 Å². The molecule has 0 unspecified atom stereocenters. The molecule has 23 heavy (non-hydrogen) atoms. The van der Waals surface area contributed by atoms with Crippen molar-refractivity contribution in [1.82, 2.24) is 14.9 Å². The Morgan fingerprint density at radius 2 is 1.87 bits per heavy atom. The highest BCUT2D eigenvalue weighted by Crippen LogP contribution is 2.25. The molecule has 1 aliphatic heterocycles. The zero-order chi connectivity index (χ0) is 16.2. The second-order valence-corrected chi connectivity index (χ2v) is 6.58. The van der Waals surface area contributed by atoms with Crippen LogP contribution in [0.2, 0.25) is 0 Å². The maximum atomic E-state index is 4.71. The van der Waals surface area contributed by atoms with E-state index < -0.39 is 0 Å². The average Bonchev–Trinajstić information content (AvgIpc) is 2.56. The lowest BCUT2D eigenvalue weighted by atomic mass is 10.3. The first-order chi connectivity index (χ1) is 11.2. The van der Waals surface area contributed by atoms with Crippen molar-refractivity contribution in [2.24, 2.45) is 0 Å². The van der Waals surface area contributed by atoms with E-state index in [2.05, 4.69) is 43.0 Å². The quantitative estimate of drug-likeness (QED) is 0.886. The molecule has 3 rings (SSSR count). The number of hydrogen-bond acceptors (Lipinski definition) is 5. The van der Waals surface area contributed by atoms with Gasteiger partial charge in [-0.15, -0.1) is 0 Å². The molecule has 0 radical (unpaired) electrons. The predicted molar refractivity (Wildman–Crippen MR) is 98.5 cm³/mol. The number of benzene rings is 1. The topological polar surface area (TPSA) is 44.3 Å². The Labute approximate surface area is 145 Å². The van der Waals surface area contributed by atoms with Gasteiger partial charge in [0.15, 0.2) is 0 Å². The molecule has 0 bridgehead atoms. The summed E-state index contributed by atoms with van der Waals surface area (Å²) in [6.07, 6.45) is 0. The molecule has 0 aliphatic carbocycles. The summed E-state index contributed by atoms with van der Waals surface area (Å²) in [5, 5.41) is 3.38. The summed E-state index contributed by atoms with van der Waals surface area (Å²) in [5.41, 5.74) is 1.98. The van der Waals surface area contributed by atoms with E-state index in [0.717, 1.165) is 60.3 Å². The van der Waals surface area contributed by atoms with E-state index in [-0.39, 0.29) is 0 Å². The smallest absolute Gasteiger partial charge is 0.227 e. The molecule has 5 nitrogen and oxygen atoms in total. The van der Waals surface area contributed by atoms with Gasteiger partial charge in [-0.1, -0.05) is 19.1 Å². The Kier molecular flexibility index (Phi) is 5.13. The van der Waals surface area contributed by atoms with Crippen molar-refractivity contribution in [3.8, 4) is 0 Å². The molecule has 1 fully saturated rings. The molecule has 6 heteroatoms. The number of piperazine rings is 1. The van der Waals surface area contributed by atoms with Gasteiger partial charge in [0.05, 0.1) is 5.69 Å². The van der Waals surface area contributed by atoms with Crippen LogP contribution < -0.4 is 10.2 Å². The minimum Gasteiger partial charge on any atom is -0.339 e. The number of nitrogens with zero attached hydrogens (tertiary/aromatic N) is 4. The van der Waals surface area contributed by atoms with Crippen LogP contribution in [0, 0.1) is 6.92 Å². The minimum absolute atomic E-state index is 0.815. The average molecular weight is 376 g/mol. The third-order valence-electron chi connectivity index (χ3n) is 4.08. The van der Waals surface area contributed by atoms with Gasteiger partial charge >= 0.3 is 0 Å². The first-order valence-corrected chi connectivity index (χ1v) is 8.79. The van der Waals surface area contributed by atoms with Gasteiger partial charge in [-0.05, 0) is 41.5 Å². The standard InChI is InChI=1S/C17H22BrN5/c1-3-22-8-10-23(11-9-22)17-19-13(2)12-16(21-17)20-15-7-5-4-6-14(15)18/h4-7,12H,3,8-11H2,1-2H3,(H,19,20,21). The van der Waals surface area contributed by atoms with Crippen molar-refractivity contribution >= 4 is 33.4 Å². The van der Waals surface area contributed by atoms with Gasteiger partial charge in [0, 0.05) is 42.4 Å². The molecular weight excluding hydrogens is 354 g/mol. The highest BCUT2D eigenvalue weighted by molar-refractivity contribution is 9.10. The van der Waals surface area contributed by atoms with Crippen LogP contribution >= 0.6 is 15.9 Å². The van der Waals surface area contributed by atoms with E-state index in [1.165, 1.54) is 0 Å². The molecule has 2 heterocycles. The van der Waals surface area contributed by atoms with Gasteiger partial charge in [-0.3, -0.25) is 0 Å². The van der Waals surface area contributed by atoms with Gasteiger partial charge in [0.1, 0.15) is 5.82 Å². The van der Waals surface area contributed by atoms with Gasteiger partial charge in [0.25, 0.3) is 0 Å². The number of para-hydroxylation sites is 1. The lowest BCUT2D eigenvalue weighted by Crippen LogP contribution is -2.46. The molecule has 1 aliphatic rings. The summed E-state index contributed by atoms with van der Waals surface area (Å²) in [5.74, 6) is 1.65. The van der Waals surface area contributed by atoms with E-state index in [9.17, 15) is 0 Å².